The van der Waals surface area contributed by atoms with E-state index in [1.807, 2.05) is 54.4 Å². The van der Waals surface area contributed by atoms with Crippen LogP contribution in [-0.4, -0.2) is 106 Å². The Bertz CT molecular complexity index is 1580. The number of hydrogen-bond acceptors (Lipinski definition) is 9. The number of carbonyl (C=O) groups is 3. The molecular weight excluding hydrogens is 578 g/mol. The number of ether oxygens (including phenoxy) is 1. The van der Waals surface area contributed by atoms with Crippen LogP contribution in [0.1, 0.15) is 33.5 Å². The van der Waals surface area contributed by atoms with E-state index in [4.69, 9.17) is 4.74 Å². The second-order valence-corrected chi connectivity index (χ2v) is 14.0. The Kier molecular flexibility index (Phi) is 9.21. The number of aromatic nitrogens is 1. The van der Waals surface area contributed by atoms with Crippen LogP contribution in [0.4, 0.5) is 0 Å². The molecule has 2 aromatic carbocycles. The molecule has 13 heteroatoms. The highest BCUT2D eigenvalue weighted by Gasteiger charge is 2.37. The van der Waals surface area contributed by atoms with Crippen molar-refractivity contribution in [3.63, 3.8) is 0 Å². The topological polar surface area (TPSA) is 138 Å². The van der Waals surface area contributed by atoms with E-state index in [1.165, 1.54) is 7.11 Å². The highest BCUT2D eigenvalue weighted by atomic mass is 32.2. The van der Waals surface area contributed by atoms with E-state index in [0.717, 1.165) is 48.4 Å². The lowest BCUT2D eigenvalue weighted by molar-refractivity contribution is -0.126. The molecule has 42 heavy (non-hydrogen) atoms. The molecule has 3 amide bonds. The average Bonchev–Trinajstić information content (AvgIpc) is 3.70. The van der Waals surface area contributed by atoms with E-state index < -0.39 is 21.0 Å². The first-order valence-electron chi connectivity index (χ1n) is 13.9. The Morgan fingerprint density at radius 2 is 1.81 bits per heavy atom. The molecule has 1 saturated carbocycles. The molecule has 224 valence electrons. The van der Waals surface area contributed by atoms with Crippen LogP contribution < -0.4 is 10.6 Å². The summed E-state index contributed by atoms with van der Waals surface area (Å²) in [6, 6.07) is 13.1. The van der Waals surface area contributed by atoms with Crippen molar-refractivity contribution in [2.24, 2.45) is 0 Å². The van der Waals surface area contributed by atoms with Crippen molar-refractivity contribution >= 4 is 49.1 Å². The van der Waals surface area contributed by atoms with Crippen LogP contribution in [0.15, 0.2) is 42.5 Å². The number of piperazine rings is 1. The number of likely N-dealkylation sites (N-methyl/N-ethyl adjacent to an activating group) is 1. The lowest BCUT2D eigenvalue weighted by Gasteiger charge is -2.32. The minimum absolute atomic E-state index is 0.0112. The number of thiazole rings is 1. The normalized spacial score (nSPS) is 16.8. The largest absolute Gasteiger partial charge is 0.384 e. The molecular formula is C29H35N5O6S2. The number of amides is 3. The lowest BCUT2D eigenvalue weighted by atomic mass is 10.0. The third kappa shape index (κ3) is 7.14. The van der Waals surface area contributed by atoms with Gasteiger partial charge < -0.3 is 25.2 Å². The fraction of sp³-hybridized carbons (Fsp3) is 0.448. The van der Waals surface area contributed by atoms with Crippen molar-refractivity contribution < 1.29 is 27.5 Å². The van der Waals surface area contributed by atoms with Gasteiger partial charge in [-0.3, -0.25) is 14.4 Å². The first kappa shape index (κ1) is 30.1. The number of nitrogens with zero attached hydrogens (tertiary/aromatic N) is 3. The van der Waals surface area contributed by atoms with Crippen molar-refractivity contribution in [3.8, 4) is 11.1 Å². The van der Waals surface area contributed by atoms with Gasteiger partial charge in [0.1, 0.15) is 5.01 Å². The predicted molar refractivity (Wildman–Crippen MR) is 161 cm³/mol. The van der Waals surface area contributed by atoms with Gasteiger partial charge in [0.05, 0.1) is 29.1 Å². The van der Waals surface area contributed by atoms with Crippen LogP contribution in [0.3, 0.4) is 0 Å². The minimum Gasteiger partial charge on any atom is -0.384 e. The maximum absolute atomic E-state index is 13.3. The molecule has 0 spiro atoms. The van der Waals surface area contributed by atoms with Gasteiger partial charge in [-0.05, 0) is 55.3 Å². The van der Waals surface area contributed by atoms with Gasteiger partial charge in [-0.1, -0.05) is 18.2 Å². The van der Waals surface area contributed by atoms with Gasteiger partial charge in [-0.25, -0.2) is 13.4 Å². The molecule has 2 aliphatic rings. The molecule has 1 saturated heterocycles. The number of carbonyl (C=O) groups excluding carboxylic acids is 3. The summed E-state index contributed by atoms with van der Waals surface area (Å²) in [5, 5.41) is 3.80. The second kappa shape index (κ2) is 12.9. The lowest BCUT2D eigenvalue weighted by Crippen LogP contribution is -2.47. The molecule has 2 fully saturated rings. The second-order valence-electron chi connectivity index (χ2n) is 10.7. The van der Waals surface area contributed by atoms with Gasteiger partial charge in [0.25, 0.3) is 5.91 Å². The minimum atomic E-state index is -4.00. The highest BCUT2D eigenvalue weighted by Crippen LogP contribution is 2.34. The molecule has 1 unspecified atom stereocenters. The van der Waals surface area contributed by atoms with Crippen molar-refractivity contribution in [2.75, 3.05) is 59.2 Å². The van der Waals surface area contributed by atoms with E-state index in [2.05, 4.69) is 20.5 Å². The highest BCUT2D eigenvalue weighted by molar-refractivity contribution is 7.92. The maximum atomic E-state index is 13.3. The molecule has 1 aromatic heterocycles. The first-order chi connectivity index (χ1) is 20.1. The summed E-state index contributed by atoms with van der Waals surface area (Å²) < 4.78 is 32.2. The number of fused-ring (bicyclic) bond motifs is 1. The summed E-state index contributed by atoms with van der Waals surface area (Å²) in [7, 11) is -0.570. The van der Waals surface area contributed by atoms with E-state index in [-0.39, 0.29) is 41.8 Å². The molecule has 2 heterocycles. The monoisotopic (exact) mass is 613 g/mol. The zero-order valence-electron chi connectivity index (χ0n) is 23.7. The molecule has 3 aromatic rings. The van der Waals surface area contributed by atoms with Gasteiger partial charge in [0.2, 0.25) is 11.8 Å². The number of methoxy groups -OCH3 is 1. The Balaban J connectivity index is 1.39. The Hall–Kier alpha value is -3.39. The number of nitrogens with one attached hydrogen (secondary N) is 2. The fourth-order valence-corrected chi connectivity index (χ4v) is 7.69. The zero-order chi connectivity index (χ0) is 29.9. The van der Waals surface area contributed by atoms with Gasteiger partial charge in [0, 0.05) is 44.9 Å². The summed E-state index contributed by atoms with van der Waals surface area (Å²) >= 11 is 1.12. The van der Waals surface area contributed by atoms with E-state index in [1.54, 1.807) is 0 Å². The van der Waals surface area contributed by atoms with Gasteiger partial charge >= 0.3 is 0 Å². The number of sulfone groups is 1. The molecule has 11 nitrogen and oxygen atoms in total. The van der Waals surface area contributed by atoms with Crippen molar-refractivity contribution in [2.45, 2.75) is 24.1 Å². The first-order valence-corrected chi connectivity index (χ1v) is 16.4. The van der Waals surface area contributed by atoms with Crippen LogP contribution in [-0.2, 0) is 24.2 Å². The average molecular weight is 614 g/mol. The summed E-state index contributed by atoms with van der Waals surface area (Å²) in [4.78, 5) is 47.1. The van der Waals surface area contributed by atoms with Crippen LogP contribution in [0, 0.1) is 0 Å². The molecule has 5 rings (SSSR count). The SMILES string of the molecule is COCCS(=O)(=O)C(C(=O)NCC(=O)NC1CC1)c1nc2cc(-c3cccc(C(=O)N4CCN(C)CC4)c3)ccc2s1. The fourth-order valence-electron chi connectivity index (χ4n) is 4.77. The summed E-state index contributed by atoms with van der Waals surface area (Å²) in [5.41, 5.74) is 2.78. The van der Waals surface area contributed by atoms with Gasteiger partial charge in [-0.2, -0.15) is 0 Å². The van der Waals surface area contributed by atoms with E-state index >= 15 is 0 Å². The van der Waals surface area contributed by atoms with Crippen LogP contribution in [0.2, 0.25) is 0 Å². The molecule has 0 bridgehead atoms. The van der Waals surface area contributed by atoms with Crippen LogP contribution >= 0.6 is 11.3 Å². The van der Waals surface area contributed by atoms with Gasteiger partial charge in [0.15, 0.2) is 15.1 Å². The third-order valence-corrected chi connectivity index (χ3v) is 10.5. The molecule has 1 aliphatic heterocycles. The Labute approximate surface area is 249 Å². The van der Waals surface area contributed by atoms with E-state index in [0.29, 0.717) is 28.9 Å². The maximum Gasteiger partial charge on any atom is 0.253 e. The predicted octanol–water partition coefficient (Wildman–Crippen LogP) is 1.85. The zero-order valence-corrected chi connectivity index (χ0v) is 25.3. The smallest absolute Gasteiger partial charge is 0.253 e. The summed E-state index contributed by atoms with van der Waals surface area (Å²) in [5.74, 6) is -1.54. The van der Waals surface area contributed by atoms with E-state index in [9.17, 15) is 22.8 Å². The number of hydrogen-bond donors (Lipinski definition) is 2. The quantitative estimate of drug-likeness (QED) is 0.334. The number of rotatable bonds is 11. The third-order valence-electron chi connectivity index (χ3n) is 7.40. The Morgan fingerprint density at radius 1 is 1.07 bits per heavy atom. The van der Waals surface area contributed by atoms with Crippen LogP contribution in [0.5, 0.6) is 0 Å². The Morgan fingerprint density at radius 3 is 2.52 bits per heavy atom. The van der Waals surface area contributed by atoms with Crippen molar-refractivity contribution in [3.05, 3.63) is 53.0 Å². The standard InChI is InChI=1S/C29H35N5O6S2/c1-33-10-12-34(13-11-33)29(37)21-5-3-4-19(16-21)20-6-9-24-23(17-20)32-28(41-24)26(42(38,39)15-14-40-2)27(36)30-18-25(35)31-22-7-8-22/h3-6,9,16-17,22,26H,7-8,10-15,18H2,1-2H3,(H,30,36)(H,31,35). The van der Waals surface area contributed by atoms with Crippen LogP contribution in [0.25, 0.3) is 21.3 Å². The molecule has 0 radical (unpaired) electrons. The molecule has 1 atom stereocenters. The summed E-state index contributed by atoms with van der Waals surface area (Å²) in [6.07, 6.45) is 1.80. The molecule has 2 N–H and O–H groups in total. The summed E-state index contributed by atoms with van der Waals surface area (Å²) in [6.45, 7) is 2.64. The van der Waals surface area contributed by atoms with Gasteiger partial charge in [-0.15, -0.1) is 11.3 Å². The van der Waals surface area contributed by atoms with Crippen molar-refractivity contribution in [1.29, 1.82) is 0 Å². The number of benzene rings is 2. The molecule has 1 aliphatic carbocycles. The van der Waals surface area contributed by atoms with Crippen molar-refractivity contribution in [1.82, 2.24) is 25.4 Å².